The topological polar surface area (TPSA) is 127 Å². The monoisotopic (exact) mass is 630 g/mol. The Labute approximate surface area is 266 Å². The van der Waals surface area contributed by atoms with E-state index in [1.54, 1.807) is 38.0 Å². The highest BCUT2D eigenvalue weighted by atomic mass is 35.5. The van der Waals surface area contributed by atoms with Gasteiger partial charge in [0.15, 0.2) is 6.73 Å². The Morgan fingerprint density at radius 3 is 2.52 bits per heavy atom. The average molecular weight is 632 g/mol. The van der Waals surface area contributed by atoms with Gasteiger partial charge in [-0.2, -0.15) is 5.26 Å². The number of anilines is 3. The summed E-state index contributed by atoms with van der Waals surface area (Å²) in [5.74, 6) is -0.313. The number of benzene rings is 2. The highest BCUT2D eigenvalue weighted by molar-refractivity contribution is 6.36. The summed E-state index contributed by atoms with van der Waals surface area (Å²) in [5.41, 5.74) is 11.9. The zero-order chi connectivity index (χ0) is 31.6. The maximum Gasteiger partial charge on any atom is 0.312 e. The molecule has 12 heteroatoms. The molecule has 226 valence electrons. The molecule has 0 radical (unpaired) electrons. The van der Waals surface area contributed by atoms with Crippen LogP contribution in [0.2, 0.25) is 10.0 Å². The Morgan fingerprint density at radius 1 is 1.07 bits per heavy atom. The third-order valence-electron chi connectivity index (χ3n) is 6.96. The molecule has 2 aromatic carbocycles. The van der Waals surface area contributed by atoms with Gasteiger partial charge in [-0.1, -0.05) is 35.3 Å². The molecule has 0 saturated heterocycles. The van der Waals surface area contributed by atoms with Crippen LogP contribution < -0.4 is 21.6 Å². The molecule has 44 heavy (non-hydrogen) atoms. The van der Waals surface area contributed by atoms with Crippen molar-refractivity contribution in [3.8, 4) is 6.07 Å². The van der Waals surface area contributed by atoms with Gasteiger partial charge in [-0.25, -0.2) is 0 Å². The molecule has 1 atom stereocenters. The van der Waals surface area contributed by atoms with Gasteiger partial charge in [0.05, 0.1) is 38.9 Å². The smallest absolute Gasteiger partial charge is 0.312 e. The van der Waals surface area contributed by atoms with Crippen LogP contribution in [0.5, 0.6) is 0 Å². The fourth-order valence-electron chi connectivity index (χ4n) is 4.46. The van der Waals surface area contributed by atoms with Gasteiger partial charge >= 0.3 is 5.97 Å². The lowest BCUT2D eigenvalue weighted by atomic mass is 9.98. The van der Waals surface area contributed by atoms with Gasteiger partial charge in [-0.05, 0) is 76.1 Å². The molecule has 4 N–H and O–H groups in total. The number of carbonyl (C=O) groups excluding carboxylic acids is 1. The van der Waals surface area contributed by atoms with Crippen LogP contribution in [-0.2, 0) is 9.53 Å². The lowest BCUT2D eigenvalue weighted by Gasteiger charge is -2.22. The number of pyridine rings is 2. The summed E-state index contributed by atoms with van der Waals surface area (Å²) in [4.78, 5) is 21.3. The van der Waals surface area contributed by atoms with Gasteiger partial charge in [0, 0.05) is 46.1 Å². The second-order valence-electron chi connectivity index (χ2n) is 11.5. The molecule has 1 aliphatic rings. The molecule has 0 fully saturated rings. The number of nitrogens with one attached hydrogen (secondary N) is 4. The molecule has 3 heterocycles. The maximum atomic E-state index is 12.3. The quantitative estimate of drug-likeness (QED) is 0.151. The van der Waals surface area contributed by atoms with E-state index in [2.05, 4.69) is 37.6 Å². The van der Waals surface area contributed by atoms with Crippen molar-refractivity contribution < 1.29 is 9.53 Å². The fourth-order valence-corrected chi connectivity index (χ4v) is 4.91. The third kappa shape index (κ3) is 6.81. The predicted octanol–water partition coefficient (Wildman–Crippen LogP) is 7.03. The molecule has 0 spiro atoms. The van der Waals surface area contributed by atoms with Crippen molar-refractivity contribution in [2.45, 2.75) is 40.7 Å². The van der Waals surface area contributed by atoms with Gasteiger partial charge in [0.25, 0.3) is 0 Å². The highest BCUT2D eigenvalue weighted by Crippen LogP contribution is 2.37. The number of rotatable bonds is 8. The van der Waals surface area contributed by atoms with E-state index in [1.165, 1.54) is 6.20 Å². The Hall–Kier alpha value is -4.56. The molecule has 0 aliphatic carbocycles. The van der Waals surface area contributed by atoms with Gasteiger partial charge in [0.1, 0.15) is 6.07 Å². The fraction of sp³-hybridized carbons (Fsp3) is 0.250. The van der Waals surface area contributed by atoms with E-state index < -0.39 is 11.5 Å². The molecule has 1 aliphatic heterocycles. The molecule has 0 bridgehead atoms. The van der Waals surface area contributed by atoms with E-state index in [0.717, 1.165) is 28.2 Å². The van der Waals surface area contributed by atoms with Gasteiger partial charge < -0.3 is 20.8 Å². The van der Waals surface area contributed by atoms with Gasteiger partial charge in [-0.3, -0.25) is 19.8 Å². The summed E-state index contributed by atoms with van der Waals surface area (Å²) < 4.78 is 5.46. The molecule has 0 unspecified atom stereocenters. The van der Waals surface area contributed by atoms with Crippen LogP contribution in [0.1, 0.15) is 49.2 Å². The SMILES string of the molecule is Cc1ccc([C@H](Nc2cc(Cl)c3ncc(C#N)c(Nc4ccc(C)c(Cl)c4)c3c2)C2=CN(COC(=O)C(C)(C)C)NN2)cn1. The number of hydrogen-bond donors (Lipinski definition) is 4. The standard InChI is InChI=1S/C32H32Cl2N8O2/c1-18-6-9-22(11-25(18)33)38-28-21(13-35)15-37-30-24(28)10-23(12-26(30)34)39-29(20-8-7-19(2)36-14-20)27-16-42(41-40-27)17-44-31(43)32(3,4)5/h6-12,14-16,29,39-41H,17H2,1-5H3,(H,37,38)/t29-/m0/s1. The van der Waals surface area contributed by atoms with E-state index in [0.29, 0.717) is 37.9 Å². The maximum absolute atomic E-state index is 12.3. The van der Waals surface area contributed by atoms with Crippen LogP contribution in [-0.4, -0.2) is 27.7 Å². The Balaban J connectivity index is 1.51. The number of carbonyl (C=O) groups is 1. The number of halogens is 2. The van der Waals surface area contributed by atoms with E-state index in [-0.39, 0.29) is 12.7 Å². The van der Waals surface area contributed by atoms with Crippen molar-refractivity contribution in [3.05, 3.63) is 99.2 Å². The van der Waals surface area contributed by atoms with E-state index in [4.69, 9.17) is 27.9 Å². The zero-order valence-corrected chi connectivity index (χ0v) is 26.4. The van der Waals surface area contributed by atoms with E-state index in [9.17, 15) is 10.1 Å². The van der Waals surface area contributed by atoms with Crippen LogP contribution in [0.4, 0.5) is 17.1 Å². The number of nitrogens with zero attached hydrogens (tertiary/aromatic N) is 4. The second kappa shape index (κ2) is 12.6. The first-order valence-corrected chi connectivity index (χ1v) is 14.6. The van der Waals surface area contributed by atoms with Gasteiger partial charge in [0.2, 0.25) is 0 Å². The predicted molar refractivity (Wildman–Crippen MR) is 173 cm³/mol. The Kier molecular flexibility index (Phi) is 8.83. The molecular formula is C32H32Cl2N8O2. The first-order chi connectivity index (χ1) is 20.9. The summed E-state index contributed by atoms with van der Waals surface area (Å²) >= 11 is 13.2. The van der Waals surface area contributed by atoms with Crippen LogP contribution in [0.15, 0.2) is 66.8 Å². The molecule has 4 aromatic rings. The molecule has 0 saturated carbocycles. The number of ether oxygens (including phenoxy) is 1. The number of esters is 1. The molecule has 2 aromatic heterocycles. The molecule has 0 amide bonds. The van der Waals surface area contributed by atoms with Crippen molar-refractivity contribution in [1.82, 2.24) is 25.9 Å². The molecular weight excluding hydrogens is 599 g/mol. The lowest BCUT2D eigenvalue weighted by molar-refractivity contribution is -0.157. The average Bonchev–Trinajstić information content (AvgIpc) is 3.45. The first kappa shape index (κ1) is 30.9. The van der Waals surface area contributed by atoms with Crippen LogP contribution in [0, 0.1) is 30.6 Å². The van der Waals surface area contributed by atoms with Crippen molar-refractivity contribution in [1.29, 1.82) is 5.26 Å². The van der Waals surface area contributed by atoms with Crippen molar-refractivity contribution in [2.75, 3.05) is 17.4 Å². The first-order valence-electron chi connectivity index (χ1n) is 13.8. The summed E-state index contributed by atoms with van der Waals surface area (Å²) in [5, 5.41) is 20.1. The number of hydrogen-bond acceptors (Lipinski definition) is 10. The van der Waals surface area contributed by atoms with Crippen LogP contribution in [0.3, 0.4) is 0 Å². The Bertz CT molecular complexity index is 1800. The summed E-state index contributed by atoms with van der Waals surface area (Å²) in [6, 6.07) is 15.0. The number of nitriles is 1. The third-order valence-corrected chi connectivity index (χ3v) is 7.66. The zero-order valence-electron chi connectivity index (χ0n) is 24.9. The van der Waals surface area contributed by atoms with Crippen molar-refractivity contribution in [2.24, 2.45) is 5.41 Å². The van der Waals surface area contributed by atoms with Crippen molar-refractivity contribution >= 4 is 57.1 Å². The normalized spacial score (nSPS) is 13.6. The Morgan fingerprint density at radius 2 is 1.84 bits per heavy atom. The number of fused-ring (bicyclic) bond motifs is 1. The van der Waals surface area contributed by atoms with Gasteiger partial charge in [-0.15, -0.1) is 5.53 Å². The summed E-state index contributed by atoms with van der Waals surface area (Å²) in [6.45, 7) is 9.26. The van der Waals surface area contributed by atoms with E-state index >= 15 is 0 Å². The summed E-state index contributed by atoms with van der Waals surface area (Å²) in [7, 11) is 0. The van der Waals surface area contributed by atoms with E-state index in [1.807, 2.05) is 56.4 Å². The van der Waals surface area contributed by atoms with Crippen LogP contribution >= 0.6 is 23.2 Å². The summed E-state index contributed by atoms with van der Waals surface area (Å²) in [6.07, 6.45) is 5.11. The van der Waals surface area contributed by atoms with Crippen LogP contribution in [0.25, 0.3) is 10.9 Å². The number of aryl methyl sites for hydroxylation is 2. The minimum atomic E-state index is -0.619. The highest BCUT2D eigenvalue weighted by Gasteiger charge is 2.27. The largest absolute Gasteiger partial charge is 0.442 e. The number of hydrazine groups is 2. The van der Waals surface area contributed by atoms with Crippen molar-refractivity contribution in [3.63, 3.8) is 0 Å². The number of aromatic nitrogens is 2. The lowest BCUT2D eigenvalue weighted by Crippen LogP contribution is -2.40. The minimum Gasteiger partial charge on any atom is -0.442 e. The minimum absolute atomic E-state index is 0.00787. The molecule has 10 nitrogen and oxygen atoms in total. The second-order valence-corrected chi connectivity index (χ2v) is 12.3. The molecule has 5 rings (SSSR count).